The molecule has 76 valence electrons. The number of fused-ring (bicyclic) bond motifs is 1. The van der Waals surface area contributed by atoms with E-state index in [-0.39, 0.29) is 12.1 Å². The van der Waals surface area contributed by atoms with Crippen molar-refractivity contribution in [2.24, 2.45) is 0 Å². The Bertz CT molecular complexity index is 347. The van der Waals surface area contributed by atoms with Crippen molar-refractivity contribution in [2.45, 2.75) is 25.3 Å². The van der Waals surface area contributed by atoms with Crippen LogP contribution in [-0.4, -0.2) is 17.3 Å². The second-order valence-electron chi connectivity index (χ2n) is 3.90. The molecule has 0 saturated carbocycles. The van der Waals surface area contributed by atoms with Crippen LogP contribution in [0, 0.1) is 0 Å². The second-order valence-corrected chi connectivity index (χ2v) is 4.33. The first-order valence-electron chi connectivity index (χ1n) is 4.86. The topological polar surface area (TPSA) is 32.3 Å². The maximum absolute atomic E-state index is 9.36. The zero-order valence-electron chi connectivity index (χ0n) is 8.18. The summed E-state index contributed by atoms with van der Waals surface area (Å²) >= 11 is 5.90. The van der Waals surface area contributed by atoms with E-state index in [9.17, 15) is 5.11 Å². The Morgan fingerprint density at radius 2 is 2.36 bits per heavy atom. The highest BCUT2D eigenvalue weighted by atomic mass is 35.5. The number of rotatable bonds is 2. The van der Waals surface area contributed by atoms with Crippen LogP contribution in [0.4, 0.5) is 5.69 Å². The maximum Gasteiger partial charge on any atom is 0.0664 e. The lowest BCUT2D eigenvalue weighted by Crippen LogP contribution is -2.39. The molecule has 1 atom stereocenters. The lowest BCUT2D eigenvalue weighted by atomic mass is 9.93. The van der Waals surface area contributed by atoms with Gasteiger partial charge in [0.1, 0.15) is 0 Å². The second kappa shape index (κ2) is 3.44. The van der Waals surface area contributed by atoms with Crippen LogP contribution < -0.4 is 5.32 Å². The molecule has 2 nitrogen and oxygen atoms in total. The van der Waals surface area contributed by atoms with Gasteiger partial charge in [0.15, 0.2) is 0 Å². The number of anilines is 1. The van der Waals surface area contributed by atoms with Crippen molar-refractivity contribution in [2.75, 3.05) is 11.9 Å². The maximum atomic E-state index is 9.36. The van der Waals surface area contributed by atoms with Gasteiger partial charge in [-0.3, -0.25) is 0 Å². The van der Waals surface area contributed by atoms with Gasteiger partial charge < -0.3 is 10.4 Å². The lowest BCUT2D eigenvalue weighted by Gasteiger charge is -2.25. The summed E-state index contributed by atoms with van der Waals surface area (Å²) in [7, 11) is 0. The van der Waals surface area contributed by atoms with Gasteiger partial charge in [-0.15, -0.1) is 0 Å². The summed E-state index contributed by atoms with van der Waals surface area (Å²) in [5, 5.41) is 13.5. The summed E-state index contributed by atoms with van der Waals surface area (Å²) in [5.74, 6) is 0. The van der Waals surface area contributed by atoms with Crippen molar-refractivity contribution >= 4 is 17.3 Å². The summed E-state index contributed by atoms with van der Waals surface area (Å²) in [6.07, 6.45) is 1.79. The standard InChI is InChI=1S/C11H14ClNO/c1-2-11(7-14)6-8-3-4-9(12)5-10(8)13-11/h3-5,13-14H,2,6-7H2,1H3. The van der Waals surface area contributed by atoms with Crippen molar-refractivity contribution in [3.05, 3.63) is 28.8 Å². The number of nitrogens with one attached hydrogen (secondary N) is 1. The summed E-state index contributed by atoms with van der Waals surface area (Å²) in [6.45, 7) is 2.24. The molecular formula is C11H14ClNO. The van der Waals surface area contributed by atoms with Crippen molar-refractivity contribution in [1.29, 1.82) is 0 Å². The van der Waals surface area contributed by atoms with Crippen LogP contribution in [0.25, 0.3) is 0 Å². The molecule has 0 spiro atoms. The van der Waals surface area contributed by atoms with E-state index in [1.807, 2.05) is 18.2 Å². The van der Waals surface area contributed by atoms with Crippen LogP contribution in [0.3, 0.4) is 0 Å². The Morgan fingerprint density at radius 1 is 1.57 bits per heavy atom. The van der Waals surface area contributed by atoms with Gasteiger partial charge >= 0.3 is 0 Å². The van der Waals surface area contributed by atoms with Crippen LogP contribution in [-0.2, 0) is 6.42 Å². The zero-order chi connectivity index (χ0) is 10.2. The van der Waals surface area contributed by atoms with Gasteiger partial charge in [-0.25, -0.2) is 0 Å². The summed E-state index contributed by atoms with van der Waals surface area (Å²) in [5.41, 5.74) is 2.13. The molecule has 14 heavy (non-hydrogen) atoms. The van der Waals surface area contributed by atoms with E-state index in [4.69, 9.17) is 11.6 Å². The van der Waals surface area contributed by atoms with Gasteiger partial charge in [0.05, 0.1) is 12.1 Å². The predicted molar refractivity (Wildman–Crippen MR) is 58.9 cm³/mol. The Hall–Kier alpha value is -0.730. The molecule has 2 rings (SSSR count). The third kappa shape index (κ3) is 1.49. The number of aliphatic hydroxyl groups excluding tert-OH is 1. The molecule has 0 radical (unpaired) electrons. The highest BCUT2D eigenvalue weighted by Crippen LogP contribution is 2.35. The van der Waals surface area contributed by atoms with E-state index in [1.165, 1.54) is 5.56 Å². The molecule has 3 heteroatoms. The molecule has 1 aromatic carbocycles. The molecule has 1 aromatic rings. The van der Waals surface area contributed by atoms with Crippen LogP contribution in [0.1, 0.15) is 18.9 Å². The monoisotopic (exact) mass is 211 g/mol. The van der Waals surface area contributed by atoms with Crippen molar-refractivity contribution in [3.63, 3.8) is 0 Å². The Labute approximate surface area is 88.9 Å². The average Bonchev–Trinajstić information content (AvgIpc) is 2.56. The largest absolute Gasteiger partial charge is 0.394 e. The van der Waals surface area contributed by atoms with E-state index in [2.05, 4.69) is 12.2 Å². The summed E-state index contributed by atoms with van der Waals surface area (Å²) < 4.78 is 0. The smallest absolute Gasteiger partial charge is 0.0664 e. The van der Waals surface area contributed by atoms with Crippen molar-refractivity contribution < 1.29 is 5.11 Å². The fraction of sp³-hybridized carbons (Fsp3) is 0.455. The fourth-order valence-corrected chi connectivity index (χ4v) is 2.11. The Morgan fingerprint density at radius 3 is 3.00 bits per heavy atom. The summed E-state index contributed by atoms with van der Waals surface area (Å²) in [6, 6.07) is 5.84. The van der Waals surface area contributed by atoms with Crippen molar-refractivity contribution in [1.82, 2.24) is 0 Å². The van der Waals surface area contributed by atoms with Gasteiger partial charge in [0.25, 0.3) is 0 Å². The molecule has 0 amide bonds. The van der Waals surface area contributed by atoms with Gasteiger partial charge in [-0.05, 0) is 30.5 Å². The molecule has 0 aromatic heterocycles. The molecule has 1 heterocycles. The first kappa shape index (κ1) is 9.81. The zero-order valence-corrected chi connectivity index (χ0v) is 8.93. The van der Waals surface area contributed by atoms with Crippen LogP contribution in [0.5, 0.6) is 0 Å². The number of hydrogen-bond acceptors (Lipinski definition) is 2. The molecule has 0 bridgehead atoms. The summed E-state index contributed by atoms with van der Waals surface area (Å²) in [4.78, 5) is 0. The molecule has 1 aliphatic rings. The van der Waals surface area contributed by atoms with Crippen LogP contribution in [0.2, 0.25) is 5.02 Å². The molecular weight excluding hydrogens is 198 g/mol. The molecule has 2 N–H and O–H groups in total. The first-order valence-corrected chi connectivity index (χ1v) is 5.24. The normalized spacial score (nSPS) is 24.5. The van der Waals surface area contributed by atoms with Crippen molar-refractivity contribution in [3.8, 4) is 0 Å². The third-order valence-corrected chi connectivity index (χ3v) is 3.22. The van der Waals surface area contributed by atoms with E-state index >= 15 is 0 Å². The number of benzene rings is 1. The highest BCUT2D eigenvalue weighted by Gasteiger charge is 2.34. The van der Waals surface area contributed by atoms with E-state index in [1.54, 1.807) is 0 Å². The minimum atomic E-state index is -0.174. The molecule has 0 saturated heterocycles. The van der Waals surface area contributed by atoms with E-state index in [0.717, 1.165) is 23.6 Å². The minimum absolute atomic E-state index is 0.162. The quantitative estimate of drug-likeness (QED) is 0.788. The lowest BCUT2D eigenvalue weighted by molar-refractivity contribution is 0.211. The third-order valence-electron chi connectivity index (χ3n) is 2.98. The number of aliphatic hydroxyl groups is 1. The Kier molecular flexibility index (Phi) is 2.41. The van der Waals surface area contributed by atoms with Crippen LogP contribution in [0.15, 0.2) is 18.2 Å². The Balaban J connectivity index is 2.33. The van der Waals surface area contributed by atoms with E-state index < -0.39 is 0 Å². The highest BCUT2D eigenvalue weighted by molar-refractivity contribution is 6.30. The van der Waals surface area contributed by atoms with Crippen LogP contribution >= 0.6 is 11.6 Å². The fourth-order valence-electron chi connectivity index (χ4n) is 1.93. The minimum Gasteiger partial charge on any atom is -0.394 e. The van der Waals surface area contributed by atoms with Gasteiger partial charge in [0.2, 0.25) is 0 Å². The molecule has 1 aliphatic heterocycles. The molecule has 0 aliphatic carbocycles. The molecule has 1 unspecified atom stereocenters. The van der Waals surface area contributed by atoms with E-state index in [0.29, 0.717) is 0 Å². The van der Waals surface area contributed by atoms with Gasteiger partial charge in [-0.1, -0.05) is 24.6 Å². The number of hydrogen-bond donors (Lipinski definition) is 2. The first-order chi connectivity index (χ1) is 6.69. The average molecular weight is 212 g/mol. The SMILES string of the molecule is CCC1(CO)Cc2ccc(Cl)cc2N1. The van der Waals surface area contributed by atoms with Gasteiger partial charge in [-0.2, -0.15) is 0 Å². The van der Waals surface area contributed by atoms with Gasteiger partial charge in [0, 0.05) is 10.7 Å². The predicted octanol–water partition coefficient (Wildman–Crippen LogP) is 2.45. The number of halogens is 1. The molecule has 0 fully saturated rings.